The van der Waals surface area contributed by atoms with Gasteiger partial charge in [-0.1, -0.05) is 61.5 Å². The number of sulfonamides is 1. The number of unbranched alkanes of at least 4 members (excludes halogenated alkanes) is 1. The maximum atomic E-state index is 13.2. The predicted octanol–water partition coefficient (Wildman–Crippen LogP) is 2.44. The predicted molar refractivity (Wildman–Crippen MR) is 136 cm³/mol. The van der Waals surface area contributed by atoms with Crippen LogP contribution >= 0.6 is 7.37 Å². The molecule has 2 aliphatic rings. The van der Waals surface area contributed by atoms with Crippen LogP contribution in [0.1, 0.15) is 45.4 Å². The van der Waals surface area contributed by atoms with Crippen molar-refractivity contribution < 1.29 is 47.4 Å². The van der Waals surface area contributed by atoms with E-state index in [4.69, 9.17) is 0 Å². The molecule has 0 aromatic heterocycles. The molecule has 0 aliphatic heterocycles. The van der Waals surface area contributed by atoms with E-state index in [0.717, 1.165) is 36.8 Å². The summed E-state index contributed by atoms with van der Waals surface area (Å²) in [6.07, 6.45) is 10.3. The van der Waals surface area contributed by atoms with Crippen molar-refractivity contribution in [2.24, 2.45) is 17.8 Å². The number of allylic oxidation sites excluding steroid dienone is 2. The Morgan fingerprint density at radius 3 is 2.34 bits per heavy atom. The second-order valence-electron chi connectivity index (χ2n) is 9.74. The first-order valence-corrected chi connectivity index (χ1v) is 15.9. The summed E-state index contributed by atoms with van der Waals surface area (Å²) in [7, 11) is -6.79. The number of hydrogen-bond acceptors (Lipinski definition) is 4. The Kier molecular flexibility index (Phi) is 10.5. The molecule has 5 unspecified atom stereocenters. The summed E-state index contributed by atoms with van der Waals surface area (Å²) in [4.78, 5) is 12.0. The molecule has 4 rings (SSSR count). The fraction of sp³-hybridized carbons (Fsp3) is 0.481. The van der Waals surface area contributed by atoms with Gasteiger partial charge >= 0.3 is 29.6 Å². The van der Waals surface area contributed by atoms with Gasteiger partial charge in [-0.2, -0.15) is 0 Å². The molecular weight excluding hydrogens is 488 g/mol. The van der Waals surface area contributed by atoms with E-state index in [0.29, 0.717) is 29.1 Å². The van der Waals surface area contributed by atoms with Gasteiger partial charge in [-0.25, -0.2) is 13.1 Å². The van der Waals surface area contributed by atoms with Crippen LogP contribution in [0.15, 0.2) is 71.6 Å². The summed E-state index contributed by atoms with van der Waals surface area (Å²) in [6.45, 7) is 1.69. The molecule has 35 heavy (non-hydrogen) atoms. The standard InChI is InChI=1S/C27H36NO4PS.Na/c1-2-33(29,30)19-9-4-3-8-12-26-23-13-14-24(20-23)27(26)28-34(31,32)25-17-15-22(16-18-25)21-10-6-5-7-11-21;/h3,5-8,10-11,15-18,23-24,26-28H,2,4,9,12-14,19-20H2,1H3,(H,29,30);/q;+1/p-1/b8-3+;. The normalized spacial score (nSPS) is 25.4. The summed E-state index contributed by atoms with van der Waals surface area (Å²) in [5, 5.41) is 0. The van der Waals surface area contributed by atoms with Crippen LogP contribution in [0, 0.1) is 17.8 Å². The van der Waals surface area contributed by atoms with Gasteiger partial charge in [0, 0.05) is 13.4 Å². The summed E-state index contributed by atoms with van der Waals surface area (Å²) in [5.41, 5.74) is 2.06. The average molecular weight is 524 g/mol. The first-order valence-electron chi connectivity index (χ1n) is 12.4. The van der Waals surface area contributed by atoms with Crippen LogP contribution in [-0.2, 0) is 14.6 Å². The molecule has 2 aliphatic carbocycles. The summed E-state index contributed by atoms with van der Waals surface area (Å²) in [5.74, 6) is 1.26. The van der Waals surface area contributed by atoms with Gasteiger partial charge in [0.05, 0.1) is 4.90 Å². The molecule has 184 valence electrons. The molecule has 0 heterocycles. The van der Waals surface area contributed by atoms with E-state index in [-0.39, 0.29) is 47.9 Å². The van der Waals surface area contributed by atoms with Crippen molar-refractivity contribution in [3.63, 3.8) is 0 Å². The molecular formula is C27H35NNaO4PS. The van der Waals surface area contributed by atoms with E-state index in [2.05, 4.69) is 16.9 Å². The van der Waals surface area contributed by atoms with E-state index < -0.39 is 17.4 Å². The van der Waals surface area contributed by atoms with E-state index in [1.165, 1.54) is 6.42 Å². The number of nitrogens with one attached hydrogen (secondary N) is 1. The fourth-order valence-corrected chi connectivity index (χ4v) is 7.95. The van der Waals surface area contributed by atoms with E-state index in [1.807, 2.05) is 42.5 Å². The maximum absolute atomic E-state index is 13.2. The van der Waals surface area contributed by atoms with E-state index in [1.54, 1.807) is 19.1 Å². The Hall–Kier alpha value is -0.720. The molecule has 0 spiro atoms. The zero-order chi connectivity index (χ0) is 24.2. The minimum Gasteiger partial charge on any atom is -0.799 e. The SMILES string of the molecule is CCP(=O)([O-])CCC/C=C/CC1C2CCC(C2)C1NS(=O)(=O)c1ccc(-c2ccccc2)cc1.[Na+]. The van der Waals surface area contributed by atoms with Crippen molar-refractivity contribution in [3.8, 4) is 11.1 Å². The molecule has 2 saturated carbocycles. The quantitative estimate of drug-likeness (QED) is 0.212. The van der Waals surface area contributed by atoms with E-state index in [9.17, 15) is 17.9 Å². The number of fused-ring (bicyclic) bond motifs is 2. The second-order valence-corrected chi connectivity index (χ2v) is 14.2. The largest absolute Gasteiger partial charge is 1.00 e. The minimum atomic E-state index is -3.60. The molecule has 0 saturated heterocycles. The molecule has 0 amide bonds. The van der Waals surface area contributed by atoms with Crippen LogP contribution in [-0.4, -0.2) is 26.8 Å². The van der Waals surface area contributed by atoms with Crippen molar-refractivity contribution in [1.82, 2.24) is 4.72 Å². The summed E-state index contributed by atoms with van der Waals surface area (Å²) < 4.78 is 41.1. The molecule has 5 nitrogen and oxygen atoms in total. The zero-order valence-corrected chi connectivity index (χ0v) is 24.5. The van der Waals surface area contributed by atoms with Gasteiger partial charge in [0.2, 0.25) is 10.0 Å². The zero-order valence-electron chi connectivity index (χ0n) is 20.8. The van der Waals surface area contributed by atoms with Crippen LogP contribution in [0.5, 0.6) is 0 Å². The third kappa shape index (κ3) is 7.41. The Bertz CT molecular complexity index is 1140. The van der Waals surface area contributed by atoms with Gasteiger partial charge in [0.1, 0.15) is 0 Å². The van der Waals surface area contributed by atoms with Crippen LogP contribution in [0.3, 0.4) is 0 Å². The first kappa shape index (κ1) is 28.8. The van der Waals surface area contributed by atoms with Gasteiger partial charge in [0.25, 0.3) is 0 Å². The summed E-state index contributed by atoms with van der Waals surface area (Å²) >= 11 is 0. The number of hydrogen-bond donors (Lipinski definition) is 1. The van der Waals surface area contributed by atoms with Crippen molar-refractivity contribution >= 4 is 17.4 Å². The van der Waals surface area contributed by atoms with Crippen LogP contribution in [0.25, 0.3) is 11.1 Å². The molecule has 2 aromatic rings. The maximum Gasteiger partial charge on any atom is 1.00 e. The Morgan fingerprint density at radius 2 is 1.66 bits per heavy atom. The smallest absolute Gasteiger partial charge is 0.799 e. The van der Waals surface area contributed by atoms with Crippen LogP contribution in [0.2, 0.25) is 0 Å². The van der Waals surface area contributed by atoms with Crippen molar-refractivity contribution in [2.45, 2.75) is 56.4 Å². The fourth-order valence-electron chi connectivity index (χ4n) is 5.62. The van der Waals surface area contributed by atoms with Crippen molar-refractivity contribution in [2.75, 3.05) is 12.3 Å². The molecule has 2 bridgehead atoms. The molecule has 0 radical (unpaired) electrons. The van der Waals surface area contributed by atoms with Gasteiger partial charge in [-0.05, 0) is 91.9 Å². The third-order valence-corrected chi connectivity index (χ3v) is 11.0. The summed E-state index contributed by atoms with van der Waals surface area (Å²) in [6, 6.07) is 17.0. The molecule has 8 heteroatoms. The third-order valence-electron chi connectivity index (χ3n) is 7.58. The van der Waals surface area contributed by atoms with Gasteiger partial charge in [0.15, 0.2) is 0 Å². The molecule has 2 fully saturated rings. The second kappa shape index (κ2) is 12.7. The van der Waals surface area contributed by atoms with Crippen LogP contribution < -0.4 is 39.2 Å². The minimum absolute atomic E-state index is 0. The van der Waals surface area contributed by atoms with Gasteiger partial charge in [-0.3, -0.25) is 0 Å². The molecule has 5 atom stereocenters. The number of rotatable bonds is 11. The number of benzene rings is 2. The van der Waals surface area contributed by atoms with Crippen LogP contribution in [0.4, 0.5) is 0 Å². The monoisotopic (exact) mass is 523 g/mol. The Balaban J connectivity index is 0.00000342. The first-order chi connectivity index (χ1) is 16.3. The molecule has 1 N–H and O–H groups in total. The topological polar surface area (TPSA) is 86.3 Å². The average Bonchev–Trinajstić information content (AvgIpc) is 3.44. The Labute approximate surface area is 232 Å². The van der Waals surface area contributed by atoms with Crippen molar-refractivity contribution in [3.05, 3.63) is 66.7 Å². The molecule has 2 aromatic carbocycles. The Morgan fingerprint density at radius 1 is 1.00 bits per heavy atom. The van der Waals surface area contributed by atoms with Crippen molar-refractivity contribution in [1.29, 1.82) is 0 Å². The van der Waals surface area contributed by atoms with Gasteiger partial charge < -0.3 is 9.46 Å². The van der Waals surface area contributed by atoms with Gasteiger partial charge in [-0.15, -0.1) is 0 Å². The van der Waals surface area contributed by atoms with E-state index >= 15 is 0 Å².